The normalized spacial score (nSPS) is 16.8. The van der Waals surface area contributed by atoms with Gasteiger partial charge < -0.3 is 15.0 Å². The van der Waals surface area contributed by atoms with Gasteiger partial charge in [0.05, 0.1) is 6.61 Å². The van der Waals surface area contributed by atoms with Crippen molar-refractivity contribution in [1.29, 1.82) is 0 Å². The minimum absolute atomic E-state index is 0.774. The molecule has 5 heteroatoms. The molecular formula is C14H24N4O. The number of anilines is 1. The number of aryl methyl sites for hydroxylation is 1. The number of aromatic nitrogens is 2. The minimum atomic E-state index is 0.774. The van der Waals surface area contributed by atoms with Crippen LogP contribution in [-0.4, -0.2) is 49.9 Å². The lowest BCUT2D eigenvalue weighted by molar-refractivity contribution is 0.196. The van der Waals surface area contributed by atoms with Gasteiger partial charge >= 0.3 is 0 Å². The van der Waals surface area contributed by atoms with Crippen LogP contribution in [0.3, 0.4) is 0 Å². The molecule has 1 aliphatic heterocycles. The van der Waals surface area contributed by atoms with Gasteiger partial charge in [-0.25, -0.2) is 9.97 Å². The second-order valence-electron chi connectivity index (χ2n) is 5.09. The van der Waals surface area contributed by atoms with E-state index in [-0.39, 0.29) is 0 Å². The Hall–Kier alpha value is -1.20. The fraction of sp³-hybridized carbons (Fsp3) is 0.714. The summed E-state index contributed by atoms with van der Waals surface area (Å²) in [5.41, 5.74) is 0. The summed E-state index contributed by atoms with van der Waals surface area (Å²) in [5.74, 6) is 2.69. The molecule has 1 fully saturated rings. The monoisotopic (exact) mass is 264 g/mol. The van der Waals surface area contributed by atoms with Crippen LogP contribution in [0.1, 0.15) is 18.7 Å². The summed E-state index contributed by atoms with van der Waals surface area (Å²) in [6, 6.07) is 2.00. The molecule has 1 N–H and O–H groups in total. The van der Waals surface area contributed by atoms with E-state index in [1.54, 1.807) is 7.11 Å². The lowest BCUT2D eigenvalue weighted by atomic mass is 9.97. The first-order valence-electron chi connectivity index (χ1n) is 7.04. The summed E-state index contributed by atoms with van der Waals surface area (Å²) in [6.07, 6.45) is 4.29. The Balaban J connectivity index is 1.73. The quantitative estimate of drug-likeness (QED) is 0.783. The number of nitrogens with zero attached hydrogens (tertiary/aromatic N) is 3. The molecule has 5 nitrogen and oxygen atoms in total. The van der Waals surface area contributed by atoms with Gasteiger partial charge in [-0.1, -0.05) is 0 Å². The van der Waals surface area contributed by atoms with Crippen molar-refractivity contribution in [1.82, 2.24) is 15.3 Å². The number of ether oxygens (including phenoxy) is 1. The van der Waals surface area contributed by atoms with E-state index in [0.717, 1.165) is 50.3 Å². The van der Waals surface area contributed by atoms with Gasteiger partial charge in [0, 0.05) is 32.9 Å². The third-order valence-electron chi connectivity index (χ3n) is 3.62. The SMILES string of the molecule is COCCNCC1CCN(c2ccnc(C)n2)CC1. The number of rotatable bonds is 6. The highest BCUT2D eigenvalue weighted by molar-refractivity contribution is 5.37. The molecule has 0 aromatic carbocycles. The number of hydrogen-bond donors (Lipinski definition) is 1. The molecule has 106 valence electrons. The molecule has 0 atom stereocenters. The molecule has 2 rings (SSSR count). The second-order valence-corrected chi connectivity index (χ2v) is 5.09. The summed E-state index contributed by atoms with van der Waals surface area (Å²) < 4.78 is 5.03. The van der Waals surface area contributed by atoms with Crippen molar-refractivity contribution in [3.63, 3.8) is 0 Å². The molecule has 1 aromatic rings. The predicted octanol–water partition coefficient (Wildman–Crippen LogP) is 1.24. The van der Waals surface area contributed by atoms with Crippen LogP contribution >= 0.6 is 0 Å². The number of piperidine rings is 1. The van der Waals surface area contributed by atoms with Gasteiger partial charge in [0.15, 0.2) is 0 Å². The third kappa shape index (κ3) is 4.44. The standard InChI is InChI=1S/C14H24N4O/c1-12-16-6-3-14(17-12)18-8-4-13(5-9-18)11-15-7-10-19-2/h3,6,13,15H,4-5,7-11H2,1-2H3. The molecule has 0 unspecified atom stereocenters. The molecular weight excluding hydrogens is 240 g/mol. The van der Waals surface area contributed by atoms with Crippen molar-refractivity contribution in [2.45, 2.75) is 19.8 Å². The van der Waals surface area contributed by atoms with E-state index in [1.165, 1.54) is 12.8 Å². The molecule has 2 heterocycles. The largest absolute Gasteiger partial charge is 0.383 e. The Kier molecular flexibility index (Phi) is 5.54. The topological polar surface area (TPSA) is 50.3 Å². The first kappa shape index (κ1) is 14.2. The average Bonchev–Trinajstić information content (AvgIpc) is 2.44. The van der Waals surface area contributed by atoms with Crippen LogP contribution in [0, 0.1) is 12.8 Å². The minimum Gasteiger partial charge on any atom is -0.383 e. The number of methoxy groups -OCH3 is 1. The summed E-state index contributed by atoms with van der Waals surface area (Å²) >= 11 is 0. The first-order chi connectivity index (χ1) is 9.29. The molecule has 0 aliphatic carbocycles. The van der Waals surface area contributed by atoms with Gasteiger partial charge in [-0.2, -0.15) is 0 Å². The van der Waals surface area contributed by atoms with E-state index in [1.807, 2.05) is 19.2 Å². The van der Waals surface area contributed by atoms with Crippen molar-refractivity contribution in [2.24, 2.45) is 5.92 Å². The maximum atomic E-state index is 5.03. The lowest BCUT2D eigenvalue weighted by Gasteiger charge is -2.33. The second kappa shape index (κ2) is 7.40. The van der Waals surface area contributed by atoms with Crippen LogP contribution in [0.15, 0.2) is 12.3 Å². The van der Waals surface area contributed by atoms with E-state index in [4.69, 9.17) is 4.74 Å². The van der Waals surface area contributed by atoms with Gasteiger partial charge in [0.1, 0.15) is 11.6 Å². The lowest BCUT2D eigenvalue weighted by Crippen LogP contribution is -2.38. The van der Waals surface area contributed by atoms with E-state index in [9.17, 15) is 0 Å². The maximum absolute atomic E-state index is 5.03. The van der Waals surface area contributed by atoms with Crippen LogP contribution in [0.25, 0.3) is 0 Å². The van der Waals surface area contributed by atoms with Gasteiger partial charge in [-0.15, -0.1) is 0 Å². The van der Waals surface area contributed by atoms with Gasteiger partial charge in [0.2, 0.25) is 0 Å². The molecule has 1 saturated heterocycles. The zero-order chi connectivity index (χ0) is 13.5. The molecule has 19 heavy (non-hydrogen) atoms. The third-order valence-corrected chi connectivity index (χ3v) is 3.62. The van der Waals surface area contributed by atoms with Crippen molar-refractivity contribution in [2.75, 3.05) is 44.8 Å². The van der Waals surface area contributed by atoms with Crippen LogP contribution in [0.4, 0.5) is 5.82 Å². The highest BCUT2D eigenvalue weighted by Crippen LogP contribution is 2.20. The molecule has 0 amide bonds. The highest BCUT2D eigenvalue weighted by atomic mass is 16.5. The molecule has 0 radical (unpaired) electrons. The molecule has 1 aromatic heterocycles. The van der Waals surface area contributed by atoms with Crippen molar-refractivity contribution in [3.05, 3.63) is 18.1 Å². The first-order valence-corrected chi connectivity index (χ1v) is 7.04. The van der Waals surface area contributed by atoms with E-state index < -0.39 is 0 Å². The van der Waals surface area contributed by atoms with Crippen molar-refractivity contribution in [3.8, 4) is 0 Å². The Morgan fingerprint density at radius 3 is 2.89 bits per heavy atom. The fourth-order valence-electron chi connectivity index (χ4n) is 2.47. The van der Waals surface area contributed by atoms with Gasteiger partial charge in [0.25, 0.3) is 0 Å². The average molecular weight is 264 g/mol. The maximum Gasteiger partial charge on any atom is 0.132 e. The zero-order valence-corrected chi connectivity index (χ0v) is 11.9. The number of nitrogens with one attached hydrogen (secondary N) is 1. The summed E-state index contributed by atoms with van der Waals surface area (Å²) in [4.78, 5) is 11.0. The molecule has 0 bridgehead atoms. The molecule has 0 saturated carbocycles. The van der Waals surface area contributed by atoms with Gasteiger partial charge in [-0.05, 0) is 38.3 Å². The van der Waals surface area contributed by atoms with Crippen LogP contribution in [-0.2, 0) is 4.74 Å². The van der Waals surface area contributed by atoms with Crippen LogP contribution in [0.5, 0.6) is 0 Å². The Bertz CT molecular complexity index is 377. The summed E-state index contributed by atoms with van der Waals surface area (Å²) in [5, 5.41) is 3.45. The van der Waals surface area contributed by atoms with Crippen LogP contribution < -0.4 is 10.2 Å². The Labute approximate surface area is 115 Å². The smallest absolute Gasteiger partial charge is 0.132 e. The highest BCUT2D eigenvalue weighted by Gasteiger charge is 2.19. The zero-order valence-electron chi connectivity index (χ0n) is 11.9. The number of hydrogen-bond acceptors (Lipinski definition) is 5. The van der Waals surface area contributed by atoms with E-state index in [0.29, 0.717) is 0 Å². The van der Waals surface area contributed by atoms with E-state index in [2.05, 4.69) is 20.2 Å². The summed E-state index contributed by atoms with van der Waals surface area (Å²) in [7, 11) is 1.74. The van der Waals surface area contributed by atoms with Crippen molar-refractivity contribution < 1.29 is 4.74 Å². The Morgan fingerprint density at radius 1 is 1.42 bits per heavy atom. The van der Waals surface area contributed by atoms with E-state index >= 15 is 0 Å². The Morgan fingerprint density at radius 2 is 2.21 bits per heavy atom. The van der Waals surface area contributed by atoms with Crippen molar-refractivity contribution >= 4 is 5.82 Å². The fourth-order valence-corrected chi connectivity index (χ4v) is 2.47. The van der Waals surface area contributed by atoms with Gasteiger partial charge in [-0.3, -0.25) is 0 Å². The summed E-state index contributed by atoms with van der Waals surface area (Å²) in [6.45, 7) is 6.96. The van der Waals surface area contributed by atoms with Crippen LogP contribution in [0.2, 0.25) is 0 Å². The predicted molar refractivity (Wildman–Crippen MR) is 76.5 cm³/mol. The molecule has 1 aliphatic rings. The molecule has 0 spiro atoms.